The molecule has 0 spiro atoms. The Morgan fingerprint density at radius 3 is 2.90 bits per heavy atom. The van der Waals surface area contributed by atoms with Crippen molar-refractivity contribution in [1.29, 1.82) is 0 Å². The van der Waals surface area contributed by atoms with Gasteiger partial charge in [-0.25, -0.2) is 14.8 Å². The van der Waals surface area contributed by atoms with Crippen molar-refractivity contribution in [1.82, 2.24) is 30.4 Å². The zero-order chi connectivity index (χ0) is 21.2. The molecule has 3 aromatic heterocycles. The molecule has 4 heterocycles. The molecule has 158 valence electrons. The first kappa shape index (κ1) is 19.0. The van der Waals surface area contributed by atoms with Gasteiger partial charge in [-0.3, -0.25) is 0 Å². The van der Waals surface area contributed by atoms with Gasteiger partial charge in [0.25, 0.3) is 0 Å². The molecule has 1 aromatic carbocycles. The van der Waals surface area contributed by atoms with Crippen molar-refractivity contribution < 1.29 is 9.32 Å². The number of benzene rings is 1. The Morgan fingerprint density at radius 2 is 2.10 bits per heavy atom. The normalized spacial score (nSPS) is 14.7. The molecular formula is C21H22N8O2. The molecule has 4 aromatic rings. The molecule has 2 amide bonds. The summed E-state index contributed by atoms with van der Waals surface area (Å²) in [5.41, 5.74) is 2.29. The highest BCUT2D eigenvalue weighted by atomic mass is 16.5. The third kappa shape index (κ3) is 4.04. The molecule has 10 heteroatoms. The Bertz CT molecular complexity index is 1210. The third-order valence-corrected chi connectivity index (χ3v) is 5.37. The van der Waals surface area contributed by atoms with Crippen LogP contribution in [0.2, 0.25) is 0 Å². The molecule has 0 saturated carbocycles. The summed E-state index contributed by atoms with van der Waals surface area (Å²) in [6.45, 7) is 3.37. The minimum atomic E-state index is -0.227. The summed E-state index contributed by atoms with van der Waals surface area (Å²) < 4.78 is 5.03. The average Bonchev–Trinajstić information content (AvgIpc) is 3.43. The number of carbonyl (C=O) groups excluding carboxylic acids is 1. The summed E-state index contributed by atoms with van der Waals surface area (Å²) in [6, 6.07) is 9.24. The van der Waals surface area contributed by atoms with Crippen LogP contribution < -0.4 is 15.5 Å². The number of aromatic amines is 1. The summed E-state index contributed by atoms with van der Waals surface area (Å²) in [4.78, 5) is 30.8. The maximum absolute atomic E-state index is 12.5. The van der Waals surface area contributed by atoms with Crippen LogP contribution in [0.4, 0.5) is 16.3 Å². The molecule has 1 fully saturated rings. The van der Waals surface area contributed by atoms with Gasteiger partial charge in [0.05, 0.1) is 5.39 Å². The Kier molecular flexibility index (Phi) is 4.95. The van der Waals surface area contributed by atoms with Crippen molar-refractivity contribution in [3.05, 3.63) is 48.7 Å². The van der Waals surface area contributed by atoms with Crippen molar-refractivity contribution in [3.8, 4) is 11.4 Å². The molecule has 0 bridgehead atoms. The standard InChI is InChI=1S/C21H22N8O2/c1-13-25-18(28-31-13)14-3-2-4-16(11-14)27-21(30)26-15-6-9-29(10-7-15)20-17-5-8-22-19(17)23-12-24-20/h2-5,8,11-12,15H,6-7,9-10H2,1H3,(H,22,23,24)(H2,26,27,30). The summed E-state index contributed by atoms with van der Waals surface area (Å²) >= 11 is 0. The third-order valence-electron chi connectivity index (χ3n) is 5.37. The number of urea groups is 1. The maximum Gasteiger partial charge on any atom is 0.319 e. The largest absolute Gasteiger partial charge is 0.356 e. The lowest BCUT2D eigenvalue weighted by Crippen LogP contribution is -2.46. The molecule has 0 atom stereocenters. The lowest BCUT2D eigenvalue weighted by molar-refractivity contribution is 0.246. The number of rotatable bonds is 4. The van der Waals surface area contributed by atoms with Gasteiger partial charge in [-0.05, 0) is 31.0 Å². The number of fused-ring (bicyclic) bond motifs is 1. The molecule has 31 heavy (non-hydrogen) atoms. The van der Waals surface area contributed by atoms with E-state index < -0.39 is 0 Å². The monoisotopic (exact) mass is 418 g/mol. The van der Waals surface area contributed by atoms with Crippen molar-refractivity contribution in [2.75, 3.05) is 23.3 Å². The van der Waals surface area contributed by atoms with Gasteiger partial charge >= 0.3 is 6.03 Å². The Balaban J connectivity index is 1.17. The predicted octanol–water partition coefficient (Wildman–Crippen LogP) is 3.11. The highest BCUT2D eigenvalue weighted by Crippen LogP contribution is 2.25. The number of anilines is 2. The molecular weight excluding hydrogens is 396 g/mol. The van der Waals surface area contributed by atoms with Gasteiger partial charge in [-0.1, -0.05) is 17.3 Å². The average molecular weight is 418 g/mol. The van der Waals surface area contributed by atoms with E-state index in [0.717, 1.165) is 48.3 Å². The van der Waals surface area contributed by atoms with E-state index in [-0.39, 0.29) is 12.1 Å². The smallest absolute Gasteiger partial charge is 0.319 e. The molecule has 0 aliphatic carbocycles. The van der Waals surface area contributed by atoms with Crippen LogP contribution >= 0.6 is 0 Å². The minimum absolute atomic E-state index is 0.0999. The van der Waals surface area contributed by atoms with Gasteiger partial charge in [0, 0.05) is 43.5 Å². The van der Waals surface area contributed by atoms with Crippen molar-refractivity contribution in [2.24, 2.45) is 0 Å². The highest BCUT2D eigenvalue weighted by molar-refractivity contribution is 5.90. The van der Waals surface area contributed by atoms with Crippen LogP contribution in [0.5, 0.6) is 0 Å². The number of nitrogens with zero attached hydrogens (tertiary/aromatic N) is 5. The van der Waals surface area contributed by atoms with Crippen molar-refractivity contribution in [2.45, 2.75) is 25.8 Å². The SMILES string of the molecule is Cc1nc(-c2cccc(NC(=O)NC3CCN(c4ncnc5[nH]ccc45)CC3)c2)no1. The first-order valence-corrected chi connectivity index (χ1v) is 10.2. The van der Waals surface area contributed by atoms with E-state index >= 15 is 0 Å². The minimum Gasteiger partial charge on any atom is -0.356 e. The van der Waals surface area contributed by atoms with E-state index in [9.17, 15) is 4.79 Å². The lowest BCUT2D eigenvalue weighted by atomic mass is 10.0. The number of hydrogen-bond acceptors (Lipinski definition) is 7. The number of nitrogens with one attached hydrogen (secondary N) is 3. The van der Waals surface area contributed by atoms with Gasteiger partial charge in [0.15, 0.2) is 0 Å². The van der Waals surface area contributed by atoms with E-state index in [1.165, 1.54) is 0 Å². The maximum atomic E-state index is 12.5. The zero-order valence-corrected chi connectivity index (χ0v) is 17.0. The number of hydrogen-bond donors (Lipinski definition) is 3. The number of carbonyl (C=O) groups is 1. The second kappa shape index (κ2) is 8.05. The van der Waals surface area contributed by atoms with Gasteiger partial charge in [-0.2, -0.15) is 4.98 Å². The highest BCUT2D eigenvalue weighted by Gasteiger charge is 2.23. The summed E-state index contributed by atoms with van der Waals surface area (Å²) in [6.07, 6.45) is 5.13. The zero-order valence-electron chi connectivity index (χ0n) is 17.0. The fourth-order valence-corrected chi connectivity index (χ4v) is 3.85. The van der Waals surface area contributed by atoms with E-state index in [0.29, 0.717) is 17.4 Å². The molecule has 3 N–H and O–H groups in total. The molecule has 10 nitrogen and oxygen atoms in total. The Hall–Kier alpha value is -3.95. The predicted molar refractivity (Wildman–Crippen MR) is 116 cm³/mol. The second-order valence-electron chi connectivity index (χ2n) is 7.51. The second-order valence-corrected chi connectivity index (χ2v) is 7.51. The van der Waals surface area contributed by atoms with E-state index in [4.69, 9.17) is 4.52 Å². The first-order chi connectivity index (χ1) is 15.2. The fourth-order valence-electron chi connectivity index (χ4n) is 3.85. The van der Waals surface area contributed by atoms with Crippen LogP contribution in [0.25, 0.3) is 22.4 Å². The van der Waals surface area contributed by atoms with Gasteiger partial charge in [0.1, 0.15) is 17.8 Å². The molecule has 1 saturated heterocycles. The number of aromatic nitrogens is 5. The van der Waals surface area contributed by atoms with Gasteiger partial charge < -0.3 is 25.0 Å². The molecule has 0 unspecified atom stereocenters. The van der Waals surface area contributed by atoms with Crippen LogP contribution in [0, 0.1) is 6.92 Å². The molecule has 1 aliphatic heterocycles. The summed E-state index contributed by atoms with van der Waals surface area (Å²) in [7, 11) is 0. The summed E-state index contributed by atoms with van der Waals surface area (Å²) in [5, 5.41) is 10.9. The van der Waals surface area contributed by atoms with Crippen LogP contribution in [-0.2, 0) is 0 Å². The van der Waals surface area contributed by atoms with E-state index in [2.05, 4.69) is 40.6 Å². The number of aryl methyl sites for hydroxylation is 1. The number of amides is 2. The molecule has 0 radical (unpaired) electrons. The fraction of sp³-hybridized carbons (Fsp3) is 0.286. The number of H-pyrrole nitrogens is 1. The van der Waals surface area contributed by atoms with Gasteiger partial charge in [0.2, 0.25) is 11.7 Å². The van der Waals surface area contributed by atoms with Crippen LogP contribution in [0.3, 0.4) is 0 Å². The van der Waals surface area contributed by atoms with Crippen molar-refractivity contribution in [3.63, 3.8) is 0 Å². The first-order valence-electron chi connectivity index (χ1n) is 10.2. The van der Waals surface area contributed by atoms with E-state index in [1.807, 2.05) is 36.5 Å². The molecule has 5 rings (SSSR count). The van der Waals surface area contributed by atoms with Gasteiger partial charge in [-0.15, -0.1) is 0 Å². The number of piperidine rings is 1. The van der Waals surface area contributed by atoms with Crippen LogP contribution in [-0.4, -0.2) is 50.3 Å². The van der Waals surface area contributed by atoms with Crippen molar-refractivity contribution >= 4 is 28.6 Å². The van der Waals surface area contributed by atoms with E-state index in [1.54, 1.807) is 13.3 Å². The summed E-state index contributed by atoms with van der Waals surface area (Å²) in [5.74, 6) is 1.93. The lowest BCUT2D eigenvalue weighted by Gasteiger charge is -2.33. The Labute approximate surface area is 178 Å². The topological polar surface area (TPSA) is 125 Å². The van der Waals surface area contributed by atoms with Crippen LogP contribution in [0.1, 0.15) is 18.7 Å². The quantitative estimate of drug-likeness (QED) is 0.465. The Morgan fingerprint density at radius 1 is 1.23 bits per heavy atom. The molecule has 1 aliphatic rings. The van der Waals surface area contributed by atoms with Crippen LogP contribution in [0.15, 0.2) is 47.4 Å².